The maximum atomic E-state index is 12.2. The van der Waals surface area contributed by atoms with Crippen LogP contribution < -0.4 is 15.9 Å². The summed E-state index contributed by atoms with van der Waals surface area (Å²) in [5.41, 5.74) is 1.33. The summed E-state index contributed by atoms with van der Waals surface area (Å²) in [6, 6.07) is 5.98. The van der Waals surface area contributed by atoms with Crippen molar-refractivity contribution in [1.29, 1.82) is 0 Å². The van der Waals surface area contributed by atoms with Gasteiger partial charge in [0.25, 0.3) is 0 Å². The lowest BCUT2D eigenvalue weighted by Gasteiger charge is -2.06. The van der Waals surface area contributed by atoms with Gasteiger partial charge < -0.3 is 18.9 Å². The lowest BCUT2D eigenvalue weighted by molar-refractivity contribution is 0.0600. The molecule has 0 amide bonds. The zero-order chi connectivity index (χ0) is 18.7. The Labute approximate surface area is 148 Å². The van der Waals surface area contributed by atoms with Gasteiger partial charge in [0, 0.05) is 18.0 Å². The zero-order valence-corrected chi connectivity index (χ0v) is 14.4. The SMILES string of the molecule is CCCOc1c[nH]c(Cn2c(=O)oc3cc(C(=O)OC)ccc32)cc1=O. The number of esters is 1. The van der Waals surface area contributed by atoms with Crippen molar-refractivity contribution in [3.8, 4) is 5.75 Å². The standard InChI is InChI=1S/C18H18N2O6/c1-3-6-25-16-9-19-12(8-14(16)21)10-20-13-5-4-11(17(22)24-2)7-15(13)26-18(20)23/h4-5,7-9H,3,6,10H2,1-2H3,(H,19,21). The molecule has 0 bridgehead atoms. The summed E-state index contributed by atoms with van der Waals surface area (Å²) in [5.74, 6) is -0.869. The number of H-pyrrole nitrogens is 1. The number of nitrogens with zero attached hydrogens (tertiary/aromatic N) is 1. The van der Waals surface area contributed by atoms with Crippen molar-refractivity contribution in [2.45, 2.75) is 19.9 Å². The quantitative estimate of drug-likeness (QED) is 0.675. The van der Waals surface area contributed by atoms with Crippen LogP contribution in [0.3, 0.4) is 0 Å². The minimum Gasteiger partial charge on any atom is -0.488 e. The molecule has 8 nitrogen and oxygen atoms in total. The van der Waals surface area contributed by atoms with Crippen molar-refractivity contribution in [1.82, 2.24) is 9.55 Å². The fourth-order valence-electron chi connectivity index (χ4n) is 2.55. The van der Waals surface area contributed by atoms with E-state index < -0.39 is 11.7 Å². The van der Waals surface area contributed by atoms with Gasteiger partial charge >= 0.3 is 11.7 Å². The van der Waals surface area contributed by atoms with Crippen molar-refractivity contribution >= 4 is 17.1 Å². The fourth-order valence-corrected chi connectivity index (χ4v) is 2.55. The normalized spacial score (nSPS) is 10.8. The van der Waals surface area contributed by atoms with Gasteiger partial charge in [-0.15, -0.1) is 0 Å². The molecule has 26 heavy (non-hydrogen) atoms. The van der Waals surface area contributed by atoms with E-state index in [0.29, 0.717) is 17.8 Å². The Bertz CT molecular complexity index is 1060. The molecular formula is C18H18N2O6. The highest BCUT2D eigenvalue weighted by Crippen LogP contribution is 2.17. The maximum Gasteiger partial charge on any atom is 0.420 e. The van der Waals surface area contributed by atoms with Crippen LogP contribution in [0.4, 0.5) is 0 Å². The lowest BCUT2D eigenvalue weighted by Crippen LogP contribution is -2.17. The Hall–Kier alpha value is -3.29. The summed E-state index contributed by atoms with van der Waals surface area (Å²) < 4.78 is 16.6. The average molecular weight is 358 g/mol. The summed E-state index contributed by atoms with van der Waals surface area (Å²) in [6.45, 7) is 2.52. The first kappa shape index (κ1) is 17.5. The molecule has 2 aromatic heterocycles. The third kappa shape index (κ3) is 3.39. The predicted molar refractivity (Wildman–Crippen MR) is 93.8 cm³/mol. The van der Waals surface area contributed by atoms with Gasteiger partial charge in [0.1, 0.15) is 0 Å². The minimum atomic E-state index is -0.589. The number of aromatic amines is 1. The molecule has 0 spiro atoms. The van der Waals surface area contributed by atoms with Crippen molar-refractivity contribution in [3.63, 3.8) is 0 Å². The van der Waals surface area contributed by atoms with Crippen LogP contribution >= 0.6 is 0 Å². The van der Waals surface area contributed by atoms with Gasteiger partial charge in [0.15, 0.2) is 11.3 Å². The first-order chi connectivity index (χ1) is 12.5. The van der Waals surface area contributed by atoms with Crippen LogP contribution in [-0.4, -0.2) is 29.2 Å². The number of methoxy groups -OCH3 is 1. The smallest absolute Gasteiger partial charge is 0.420 e. The number of rotatable bonds is 6. The largest absolute Gasteiger partial charge is 0.488 e. The molecule has 3 aromatic rings. The Balaban J connectivity index is 1.93. The first-order valence-corrected chi connectivity index (χ1v) is 8.09. The van der Waals surface area contributed by atoms with Gasteiger partial charge in [-0.2, -0.15) is 0 Å². The highest BCUT2D eigenvalue weighted by atomic mass is 16.5. The molecule has 0 saturated carbocycles. The van der Waals surface area contributed by atoms with E-state index in [4.69, 9.17) is 9.15 Å². The summed E-state index contributed by atoms with van der Waals surface area (Å²) >= 11 is 0. The number of pyridine rings is 1. The molecule has 0 radical (unpaired) electrons. The average Bonchev–Trinajstić information content (AvgIpc) is 2.95. The van der Waals surface area contributed by atoms with Crippen LogP contribution in [0.2, 0.25) is 0 Å². The van der Waals surface area contributed by atoms with Crippen molar-refractivity contribution in [3.05, 3.63) is 62.5 Å². The van der Waals surface area contributed by atoms with Crippen LogP contribution in [0.5, 0.6) is 5.75 Å². The minimum absolute atomic E-state index is 0.118. The van der Waals surface area contributed by atoms with E-state index in [-0.39, 0.29) is 28.9 Å². The van der Waals surface area contributed by atoms with Crippen LogP contribution in [0.15, 0.2) is 44.5 Å². The van der Waals surface area contributed by atoms with Gasteiger partial charge in [0.05, 0.1) is 31.3 Å². The number of nitrogens with one attached hydrogen (secondary N) is 1. The van der Waals surface area contributed by atoms with Crippen molar-refractivity contribution in [2.75, 3.05) is 13.7 Å². The van der Waals surface area contributed by atoms with E-state index in [0.717, 1.165) is 6.42 Å². The molecule has 136 valence electrons. The molecule has 3 rings (SSSR count). The summed E-state index contributed by atoms with van der Waals surface area (Å²) in [6.07, 6.45) is 2.28. The molecule has 1 N–H and O–H groups in total. The van der Waals surface area contributed by atoms with Crippen LogP contribution in [0.25, 0.3) is 11.1 Å². The van der Waals surface area contributed by atoms with E-state index in [1.807, 2.05) is 6.92 Å². The number of fused-ring (bicyclic) bond motifs is 1. The fraction of sp³-hybridized carbons (Fsp3) is 0.278. The molecule has 2 heterocycles. The Morgan fingerprint density at radius 3 is 2.77 bits per heavy atom. The molecule has 1 aromatic carbocycles. The molecule has 0 atom stereocenters. The van der Waals surface area contributed by atoms with Crippen LogP contribution in [0, 0.1) is 0 Å². The van der Waals surface area contributed by atoms with E-state index in [1.165, 1.54) is 30.0 Å². The molecular weight excluding hydrogens is 340 g/mol. The Morgan fingerprint density at radius 1 is 1.27 bits per heavy atom. The van der Waals surface area contributed by atoms with E-state index in [1.54, 1.807) is 12.1 Å². The topological polar surface area (TPSA) is 104 Å². The van der Waals surface area contributed by atoms with Gasteiger partial charge in [-0.1, -0.05) is 6.92 Å². The number of benzene rings is 1. The molecule has 0 aliphatic carbocycles. The number of aromatic nitrogens is 2. The van der Waals surface area contributed by atoms with Crippen molar-refractivity contribution < 1.29 is 18.7 Å². The number of carbonyl (C=O) groups is 1. The number of hydrogen-bond acceptors (Lipinski definition) is 6. The van der Waals surface area contributed by atoms with Gasteiger partial charge in [-0.25, -0.2) is 9.59 Å². The molecule has 0 fully saturated rings. The summed E-state index contributed by atoms with van der Waals surface area (Å²) in [5, 5.41) is 0. The summed E-state index contributed by atoms with van der Waals surface area (Å²) in [4.78, 5) is 38.8. The van der Waals surface area contributed by atoms with E-state index in [9.17, 15) is 14.4 Å². The Kier molecular flexibility index (Phi) is 4.92. The monoisotopic (exact) mass is 358 g/mol. The summed E-state index contributed by atoms with van der Waals surface area (Å²) in [7, 11) is 1.28. The van der Waals surface area contributed by atoms with E-state index in [2.05, 4.69) is 9.72 Å². The number of carbonyl (C=O) groups excluding carboxylic acids is 1. The highest BCUT2D eigenvalue weighted by molar-refractivity contribution is 5.93. The number of oxazole rings is 1. The Morgan fingerprint density at radius 2 is 2.08 bits per heavy atom. The zero-order valence-electron chi connectivity index (χ0n) is 14.4. The van der Waals surface area contributed by atoms with Crippen LogP contribution in [0.1, 0.15) is 29.4 Å². The maximum absolute atomic E-state index is 12.2. The second-order valence-electron chi connectivity index (χ2n) is 5.66. The number of hydrogen-bond donors (Lipinski definition) is 1. The second kappa shape index (κ2) is 7.30. The molecule has 0 saturated heterocycles. The predicted octanol–water partition coefficient (Wildman–Crippen LogP) is 1.91. The highest BCUT2D eigenvalue weighted by Gasteiger charge is 2.14. The first-order valence-electron chi connectivity index (χ1n) is 8.09. The van der Waals surface area contributed by atoms with Gasteiger partial charge in [-0.05, 0) is 24.6 Å². The van der Waals surface area contributed by atoms with Crippen LogP contribution in [-0.2, 0) is 11.3 Å². The van der Waals surface area contributed by atoms with Gasteiger partial charge in [0.2, 0.25) is 5.43 Å². The lowest BCUT2D eigenvalue weighted by atomic mass is 10.2. The second-order valence-corrected chi connectivity index (χ2v) is 5.66. The molecule has 0 aliphatic heterocycles. The third-order valence-electron chi connectivity index (χ3n) is 3.82. The molecule has 0 aliphatic rings. The third-order valence-corrected chi connectivity index (χ3v) is 3.82. The van der Waals surface area contributed by atoms with Crippen molar-refractivity contribution in [2.24, 2.45) is 0 Å². The molecule has 0 unspecified atom stereocenters. The number of ether oxygens (including phenoxy) is 2. The van der Waals surface area contributed by atoms with E-state index >= 15 is 0 Å². The molecule has 8 heteroatoms. The van der Waals surface area contributed by atoms with Gasteiger partial charge in [-0.3, -0.25) is 9.36 Å².